The topological polar surface area (TPSA) is 91.1 Å². The molecule has 8 nitrogen and oxygen atoms in total. The van der Waals surface area contributed by atoms with Crippen LogP contribution >= 0.6 is 0 Å². The van der Waals surface area contributed by atoms with Gasteiger partial charge < -0.3 is 10.1 Å². The lowest BCUT2D eigenvalue weighted by Gasteiger charge is -2.29. The highest BCUT2D eigenvalue weighted by Gasteiger charge is 2.50. The van der Waals surface area contributed by atoms with Crippen molar-refractivity contribution in [3.8, 4) is 0 Å². The van der Waals surface area contributed by atoms with Crippen molar-refractivity contribution in [2.45, 2.75) is 13.8 Å². The minimum Gasteiger partial charge on any atom is -0.496 e. The monoisotopic (exact) mass is 333 g/mol. The number of dihydropyridines is 1. The number of hydrogen-bond donors (Lipinski definition) is 1. The van der Waals surface area contributed by atoms with Crippen LogP contribution in [0.5, 0.6) is 0 Å². The first-order chi connectivity index (χ1) is 11.4. The van der Waals surface area contributed by atoms with Crippen LogP contribution < -0.4 is 5.32 Å². The zero-order valence-corrected chi connectivity index (χ0v) is 14.0. The lowest BCUT2D eigenvalue weighted by atomic mass is 9.96. The molecule has 24 heavy (non-hydrogen) atoms. The van der Waals surface area contributed by atoms with E-state index in [1.165, 1.54) is 17.7 Å². The maximum absolute atomic E-state index is 12.8. The van der Waals surface area contributed by atoms with Crippen molar-refractivity contribution in [1.82, 2.24) is 10.2 Å². The molecule has 0 fully saturated rings. The highest BCUT2D eigenvalue weighted by molar-refractivity contribution is 6.16. The molecule has 4 amide bonds. The van der Waals surface area contributed by atoms with Crippen LogP contribution in [0.4, 0.5) is 4.79 Å². The molecular weight excluding hydrogens is 312 g/mol. The summed E-state index contributed by atoms with van der Waals surface area (Å²) in [4.78, 5) is 42.3. The SMILES string of the molecule is C=CCNC(=O)CN1C(=O)C2C(OCC)=C(C)C=NC2=[N+](C)C1=O. The molecule has 0 saturated carbocycles. The zero-order valence-electron chi connectivity index (χ0n) is 14.0. The number of carbonyl (C=O) groups is 3. The third kappa shape index (κ3) is 3.12. The standard InChI is InChI=1S/C16H20N4O4/c1-5-7-17-11(21)9-20-15(22)12-13(24-6-2)10(3)8-18-14(12)19(4)16(20)23/h5,8,12H,1,6-7,9H2,2-4H3/p+1. The number of imide groups is 1. The number of allylic oxidation sites excluding steroid dienone is 1. The number of ether oxygens (including phenoxy) is 1. The van der Waals surface area contributed by atoms with Crippen LogP contribution in [-0.4, -0.2) is 66.1 Å². The third-order valence-corrected chi connectivity index (χ3v) is 3.72. The Morgan fingerprint density at radius 2 is 2.25 bits per heavy atom. The van der Waals surface area contributed by atoms with Crippen molar-refractivity contribution < 1.29 is 23.7 Å². The number of urea groups is 1. The molecule has 0 saturated heterocycles. The van der Waals surface area contributed by atoms with Crippen LogP contribution in [-0.2, 0) is 14.3 Å². The van der Waals surface area contributed by atoms with Crippen molar-refractivity contribution in [3.63, 3.8) is 0 Å². The van der Waals surface area contributed by atoms with E-state index in [4.69, 9.17) is 4.74 Å². The van der Waals surface area contributed by atoms with Gasteiger partial charge in [0.05, 0.1) is 13.7 Å². The molecule has 1 N–H and O–H groups in total. The number of amides is 4. The van der Waals surface area contributed by atoms with Gasteiger partial charge in [0.25, 0.3) is 11.7 Å². The number of amidine groups is 1. The second-order valence-corrected chi connectivity index (χ2v) is 5.39. The summed E-state index contributed by atoms with van der Waals surface area (Å²) in [5.41, 5.74) is 0.720. The Morgan fingerprint density at radius 1 is 1.54 bits per heavy atom. The van der Waals surface area contributed by atoms with E-state index in [1.807, 2.05) is 6.92 Å². The molecule has 2 aliphatic rings. The summed E-state index contributed by atoms with van der Waals surface area (Å²) < 4.78 is 6.88. The molecule has 1 unspecified atom stereocenters. The minimum absolute atomic E-state index is 0.263. The van der Waals surface area contributed by atoms with E-state index in [0.29, 0.717) is 18.2 Å². The fraction of sp³-hybridized carbons (Fsp3) is 0.438. The van der Waals surface area contributed by atoms with Gasteiger partial charge in [-0.1, -0.05) is 6.08 Å². The Morgan fingerprint density at radius 3 is 2.88 bits per heavy atom. The first-order valence-corrected chi connectivity index (χ1v) is 7.63. The first-order valence-electron chi connectivity index (χ1n) is 7.63. The molecule has 0 aromatic carbocycles. The maximum atomic E-state index is 12.8. The average molecular weight is 333 g/mol. The van der Waals surface area contributed by atoms with Crippen LogP contribution in [0.2, 0.25) is 0 Å². The highest BCUT2D eigenvalue weighted by Crippen LogP contribution is 2.27. The van der Waals surface area contributed by atoms with Crippen LogP contribution in [0.1, 0.15) is 13.8 Å². The van der Waals surface area contributed by atoms with Crippen molar-refractivity contribution in [3.05, 3.63) is 24.0 Å². The predicted molar refractivity (Wildman–Crippen MR) is 87.8 cm³/mol. The van der Waals surface area contributed by atoms with E-state index >= 15 is 0 Å². The smallest absolute Gasteiger partial charge is 0.446 e. The molecule has 2 rings (SSSR count). The van der Waals surface area contributed by atoms with Gasteiger partial charge in [-0.3, -0.25) is 9.59 Å². The number of aliphatic imine (C=N–C) groups is 1. The Balaban J connectivity index is 2.36. The van der Waals surface area contributed by atoms with Gasteiger partial charge in [0.15, 0.2) is 12.5 Å². The number of nitrogens with one attached hydrogen (secondary N) is 1. The third-order valence-electron chi connectivity index (χ3n) is 3.72. The Labute approximate surface area is 140 Å². The molecule has 0 spiro atoms. The van der Waals surface area contributed by atoms with Crippen LogP contribution in [0.25, 0.3) is 0 Å². The summed E-state index contributed by atoms with van der Waals surface area (Å²) in [7, 11) is 1.52. The quantitative estimate of drug-likeness (QED) is 0.559. The number of nitrogens with zero attached hydrogens (tertiary/aromatic N) is 3. The molecule has 0 aromatic heterocycles. The van der Waals surface area contributed by atoms with Gasteiger partial charge >= 0.3 is 11.9 Å². The largest absolute Gasteiger partial charge is 0.496 e. The number of fused-ring (bicyclic) bond motifs is 1. The molecule has 128 valence electrons. The highest BCUT2D eigenvalue weighted by atomic mass is 16.5. The summed E-state index contributed by atoms with van der Waals surface area (Å²) in [6.45, 7) is 7.39. The molecule has 1 atom stereocenters. The van der Waals surface area contributed by atoms with E-state index in [-0.39, 0.29) is 13.1 Å². The molecule has 0 aliphatic carbocycles. The van der Waals surface area contributed by atoms with Gasteiger partial charge in [0.1, 0.15) is 12.0 Å². The second kappa shape index (κ2) is 7.20. The van der Waals surface area contributed by atoms with E-state index in [9.17, 15) is 14.4 Å². The maximum Gasteiger partial charge on any atom is 0.446 e. The minimum atomic E-state index is -0.815. The van der Waals surface area contributed by atoms with Gasteiger partial charge in [0.2, 0.25) is 0 Å². The van der Waals surface area contributed by atoms with Crippen molar-refractivity contribution in [2.75, 3.05) is 26.7 Å². The Kier molecular flexibility index (Phi) is 5.28. The lowest BCUT2D eigenvalue weighted by Crippen LogP contribution is -2.57. The number of hydrogen-bond acceptors (Lipinski definition) is 5. The van der Waals surface area contributed by atoms with Crippen molar-refractivity contribution in [1.29, 1.82) is 0 Å². The molecule has 2 heterocycles. The Hall–Kier alpha value is -2.77. The normalized spacial score (nSPS) is 20.3. The molecule has 8 heteroatoms. The summed E-state index contributed by atoms with van der Waals surface area (Å²) in [6, 6.07) is -0.590. The average Bonchev–Trinajstić information content (AvgIpc) is 2.56. The molecular formula is C16H21N4O4+. The van der Waals surface area contributed by atoms with Gasteiger partial charge in [-0.25, -0.2) is 4.79 Å². The van der Waals surface area contributed by atoms with Gasteiger partial charge in [-0.2, -0.15) is 9.48 Å². The van der Waals surface area contributed by atoms with Gasteiger partial charge in [0, 0.05) is 12.1 Å². The molecule has 2 aliphatic heterocycles. The van der Waals surface area contributed by atoms with E-state index < -0.39 is 23.8 Å². The summed E-state index contributed by atoms with van der Waals surface area (Å²) in [5, 5.41) is 2.55. The number of rotatable bonds is 6. The summed E-state index contributed by atoms with van der Waals surface area (Å²) >= 11 is 0. The van der Waals surface area contributed by atoms with Crippen molar-refractivity contribution >= 4 is 29.9 Å². The molecule has 0 bridgehead atoms. The predicted octanol–water partition coefficient (Wildman–Crippen LogP) is 0.303. The summed E-state index contributed by atoms with van der Waals surface area (Å²) in [5.74, 6) is -0.997. The van der Waals surface area contributed by atoms with Gasteiger partial charge in [-0.05, 0) is 13.8 Å². The fourth-order valence-electron chi connectivity index (χ4n) is 2.56. The van der Waals surface area contributed by atoms with Crippen molar-refractivity contribution in [2.24, 2.45) is 10.9 Å². The fourth-order valence-corrected chi connectivity index (χ4v) is 2.56. The first kappa shape index (κ1) is 17.6. The Bertz CT molecular complexity index is 690. The van der Waals surface area contributed by atoms with E-state index in [2.05, 4.69) is 16.9 Å². The van der Waals surface area contributed by atoms with Crippen LogP contribution in [0.15, 0.2) is 29.0 Å². The van der Waals surface area contributed by atoms with Gasteiger partial charge in [-0.15, -0.1) is 11.6 Å². The molecule has 0 aromatic rings. The van der Waals surface area contributed by atoms with Crippen LogP contribution in [0, 0.1) is 5.92 Å². The van der Waals surface area contributed by atoms with E-state index in [1.54, 1.807) is 13.1 Å². The summed E-state index contributed by atoms with van der Waals surface area (Å²) in [6.07, 6.45) is 3.09. The number of carbonyl (C=O) groups excluding carboxylic acids is 3. The van der Waals surface area contributed by atoms with E-state index in [0.717, 1.165) is 10.5 Å². The lowest BCUT2D eigenvalue weighted by molar-refractivity contribution is -0.408. The molecule has 0 radical (unpaired) electrons. The zero-order chi connectivity index (χ0) is 17.9. The second-order valence-electron chi connectivity index (χ2n) is 5.39. The van der Waals surface area contributed by atoms with Crippen LogP contribution in [0.3, 0.4) is 0 Å².